The fourth-order valence-electron chi connectivity index (χ4n) is 1.55. The fourth-order valence-corrected chi connectivity index (χ4v) is 1.55. The van der Waals surface area contributed by atoms with Crippen LogP contribution in [0.5, 0.6) is 0 Å². The zero-order chi connectivity index (χ0) is 9.73. The number of ether oxygens (including phenoxy) is 1. The van der Waals surface area contributed by atoms with Crippen molar-refractivity contribution >= 4 is 0 Å². The molecule has 1 aliphatic heterocycles. The quantitative estimate of drug-likeness (QED) is 0.645. The van der Waals surface area contributed by atoms with Gasteiger partial charge in [-0.25, -0.2) is 0 Å². The van der Waals surface area contributed by atoms with Crippen molar-refractivity contribution in [3.63, 3.8) is 0 Å². The molecule has 78 valence electrons. The van der Waals surface area contributed by atoms with Gasteiger partial charge in [0.2, 0.25) is 0 Å². The van der Waals surface area contributed by atoms with Crippen LogP contribution in [0.25, 0.3) is 0 Å². The third-order valence-corrected chi connectivity index (χ3v) is 2.69. The van der Waals surface area contributed by atoms with E-state index in [0.717, 1.165) is 32.6 Å². The number of hydrogen-bond donors (Lipinski definition) is 2. The third-order valence-electron chi connectivity index (χ3n) is 2.69. The summed E-state index contributed by atoms with van der Waals surface area (Å²) in [6.45, 7) is 7.40. The Morgan fingerprint density at radius 3 is 2.62 bits per heavy atom. The lowest BCUT2D eigenvalue weighted by molar-refractivity contribution is -0.100. The predicted octanol–water partition coefficient (Wildman–Crippen LogP) is 0.774. The molecule has 0 amide bonds. The Labute approximate surface area is 80.5 Å². The van der Waals surface area contributed by atoms with Crippen LogP contribution in [0.4, 0.5) is 0 Å². The molecule has 0 bridgehead atoms. The fraction of sp³-hybridized carbons (Fsp3) is 1.00. The van der Waals surface area contributed by atoms with E-state index in [0.29, 0.717) is 11.5 Å². The number of rotatable bonds is 6. The second-order valence-electron chi connectivity index (χ2n) is 4.30. The van der Waals surface area contributed by atoms with E-state index in [2.05, 4.69) is 19.2 Å². The number of aliphatic hydroxyl groups excluding tert-OH is 1. The molecule has 3 heteroatoms. The summed E-state index contributed by atoms with van der Waals surface area (Å²) < 4.78 is 5.17. The molecule has 1 rings (SSSR count). The molecule has 0 saturated carbocycles. The predicted molar refractivity (Wildman–Crippen MR) is 52.7 cm³/mol. The van der Waals surface area contributed by atoms with Gasteiger partial charge in [-0.2, -0.15) is 0 Å². The molecule has 0 radical (unpaired) electrons. The molecular formula is C10H21NO2. The number of aliphatic hydroxyl groups is 1. The maximum absolute atomic E-state index is 8.80. The molecule has 3 nitrogen and oxygen atoms in total. The monoisotopic (exact) mass is 187 g/mol. The highest BCUT2D eigenvalue weighted by Gasteiger charge is 2.33. The molecule has 0 aromatic heterocycles. The lowest BCUT2D eigenvalue weighted by Crippen LogP contribution is -2.49. The smallest absolute Gasteiger partial charge is 0.0554 e. The van der Waals surface area contributed by atoms with Crippen LogP contribution in [0.15, 0.2) is 0 Å². The van der Waals surface area contributed by atoms with E-state index in [4.69, 9.17) is 9.84 Å². The van der Waals surface area contributed by atoms with Gasteiger partial charge in [-0.15, -0.1) is 0 Å². The summed E-state index contributed by atoms with van der Waals surface area (Å²) in [4.78, 5) is 0. The maximum atomic E-state index is 8.80. The number of hydrogen-bond acceptors (Lipinski definition) is 3. The summed E-state index contributed by atoms with van der Waals surface area (Å²) in [6, 6.07) is 0.461. The summed E-state index contributed by atoms with van der Waals surface area (Å²) in [6.07, 6.45) is 1.94. The van der Waals surface area contributed by atoms with Crippen LogP contribution in [0, 0.1) is 5.41 Å². The number of nitrogens with one attached hydrogen (secondary N) is 1. The summed E-state index contributed by atoms with van der Waals surface area (Å²) in [5.41, 5.74) is 0.336. The molecule has 1 saturated heterocycles. The molecule has 0 aromatic rings. The molecule has 1 heterocycles. The van der Waals surface area contributed by atoms with Gasteiger partial charge in [-0.1, -0.05) is 13.8 Å². The van der Waals surface area contributed by atoms with Gasteiger partial charge in [0, 0.05) is 24.6 Å². The molecule has 1 atom stereocenters. The van der Waals surface area contributed by atoms with Crippen LogP contribution in [0.1, 0.15) is 26.7 Å². The van der Waals surface area contributed by atoms with Gasteiger partial charge in [-0.05, 0) is 12.8 Å². The first kappa shape index (κ1) is 11.0. The van der Waals surface area contributed by atoms with Gasteiger partial charge >= 0.3 is 0 Å². The van der Waals surface area contributed by atoms with E-state index in [-0.39, 0.29) is 6.61 Å². The van der Waals surface area contributed by atoms with Crippen molar-refractivity contribution in [1.82, 2.24) is 5.32 Å². The van der Waals surface area contributed by atoms with E-state index in [9.17, 15) is 0 Å². The zero-order valence-electron chi connectivity index (χ0n) is 8.68. The van der Waals surface area contributed by atoms with E-state index in [1.165, 1.54) is 0 Å². The van der Waals surface area contributed by atoms with E-state index in [1.807, 2.05) is 0 Å². The van der Waals surface area contributed by atoms with Crippen molar-refractivity contribution in [2.24, 2.45) is 5.41 Å². The normalized spacial score (nSPS) is 22.4. The van der Waals surface area contributed by atoms with Crippen LogP contribution < -0.4 is 5.32 Å². The van der Waals surface area contributed by atoms with Crippen molar-refractivity contribution in [2.75, 3.05) is 26.4 Å². The Balaban J connectivity index is 2.15. The van der Waals surface area contributed by atoms with Crippen LogP contribution >= 0.6 is 0 Å². The maximum Gasteiger partial charge on any atom is 0.0554 e. The van der Waals surface area contributed by atoms with Crippen molar-refractivity contribution in [1.29, 1.82) is 0 Å². The van der Waals surface area contributed by atoms with Crippen molar-refractivity contribution in [2.45, 2.75) is 32.7 Å². The Kier molecular flexibility index (Phi) is 4.16. The first-order valence-corrected chi connectivity index (χ1v) is 5.12. The Morgan fingerprint density at radius 2 is 2.23 bits per heavy atom. The lowest BCUT2D eigenvalue weighted by atomic mass is 9.88. The molecule has 2 N–H and O–H groups in total. The summed E-state index contributed by atoms with van der Waals surface area (Å²) in [5.74, 6) is 0. The standard InChI is InChI=1S/C10H21NO2/c1-3-9(4-5-12)11-6-10(2)7-13-8-10/h9,11-12H,3-8H2,1-2H3. The highest BCUT2D eigenvalue weighted by atomic mass is 16.5. The molecule has 1 fully saturated rings. The summed E-state index contributed by atoms with van der Waals surface area (Å²) in [7, 11) is 0. The zero-order valence-corrected chi connectivity index (χ0v) is 8.68. The minimum absolute atomic E-state index is 0.277. The van der Waals surface area contributed by atoms with Gasteiger partial charge in [0.15, 0.2) is 0 Å². The first-order chi connectivity index (χ1) is 6.20. The van der Waals surface area contributed by atoms with E-state index < -0.39 is 0 Å². The minimum atomic E-state index is 0.277. The second kappa shape index (κ2) is 4.94. The van der Waals surface area contributed by atoms with Crippen molar-refractivity contribution in [3.05, 3.63) is 0 Å². The SMILES string of the molecule is CCC(CCO)NCC1(C)COC1. The molecule has 13 heavy (non-hydrogen) atoms. The largest absolute Gasteiger partial charge is 0.396 e. The lowest BCUT2D eigenvalue weighted by Gasteiger charge is -2.39. The van der Waals surface area contributed by atoms with Crippen LogP contribution in [-0.4, -0.2) is 37.5 Å². The highest BCUT2D eigenvalue weighted by Crippen LogP contribution is 2.25. The summed E-state index contributed by atoms with van der Waals surface area (Å²) >= 11 is 0. The van der Waals surface area contributed by atoms with Gasteiger partial charge in [0.1, 0.15) is 0 Å². The summed E-state index contributed by atoms with van der Waals surface area (Å²) in [5, 5.41) is 12.3. The average Bonchev–Trinajstić information content (AvgIpc) is 2.09. The molecular weight excluding hydrogens is 166 g/mol. The Bertz CT molecular complexity index is 146. The Morgan fingerprint density at radius 1 is 1.54 bits per heavy atom. The van der Waals surface area contributed by atoms with Gasteiger partial charge in [-0.3, -0.25) is 0 Å². The average molecular weight is 187 g/mol. The van der Waals surface area contributed by atoms with Gasteiger partial charge < -0.3 is 15.2 Å². The van der Waals surface area contributed by atoms with Crippen LogP contribution in [0.2, 0.25) is 0 Å². The first-order valence-electron chi connectivity index (χ1n) is 5.12. The molecule has 0 aliphatic carbocycles. The second-order valence-corrected chi connectivity index (χ2v) is 4.30. The van der Waals surface area contributed by atoms with Crippen LogP contribution in [-0.2, 0) is 4.74 Å². The van der Waals surface area contributed by atoms with E-state index in [1.54, 1.807) is 0 Å². The molecule has 0 spiro atoms. The van der Waals surface area contributed by atoms with Gasteiger partial charge in [0.25, 0.3) is 0 Å². The van der Waals surface area contributed by atoms with Crippen LogP contribution in [0.3, 0.4) is 0 Å². The molecule has 1 aliphatic rings. The van der Waals surface area contributed by atoms with Gasteiger partial charge in [0.05, 0.1) is 13.2 Å². The topological polar surface area (TPSA) is 41.5 Å². The van der Waals surface area contributed by atoms with Crippen molar-refractivity contribution < 1.29 is 9.84 Å². The Hall–Kier alpha value is -0.120. The van der Waals surface area contributed by atoms with Crippen molar-refractivity contribution in [3.8, 4) is 0 Å². The third kappa shape index (κ3) is 3.25. The minimum Gasteiger partial charge on any atom is -0.396 e. The molecule has 0 aromatic carbocycles. The highest BCUT2D eigenvalue weighted by molar-refractivity contribution is 4.84. The van der Waals surface area contributed by atoms with E-state index >= 15 is 0 Å². The molecule has 1 unspecified atom stereocenters.